The molecule has 1 unspecified atom stereocenters. The van der Waals surface area contributed by atoms with Gasteiger partial charge in [0.15, 0.2) is 25.9 Å². The van der Waals surface area contributed by atoms with E-state index in [4.69, 9.17) is 0 Å². The predicted molar refractivity (Wildman–Crippen MR) is 174 cm³/mol. The predicted octanol–water partition coefficient (Wildman–Crippen LogP) is 9.17. The SMILES string of the molecule is CCc1cc(CC)c2sc3ccc([S+](c4ccc(C)cc4)c4ccc(C(=O)c5ccccc5)cc4)cc3c(=O)c2c1. The zero-order chi connectivity index (χ0) is 28.5. The molecule has 0 radical (unpaired) electrons. The number of carbonyl (C=O) groups excluding carboxylic acids is 1. The minimum atomic E-state index is -0.444. The Morgan fingerprint density at radius 2 is 1.32 bits per heavy atom. The number of carbonyl (C=O) groups is 1. The van der Waals surface area contributed by atoms with E-state index >= 15 is 0 Å². The molecule has 0 aliphatic rings. The van der Waals surface area contributed by atoms with Crippen LogP contribution in [0.4, 0.5) is 0 Å². The first-order chi connectivity index (χ1) is 20.0. The van der Waals surface area contributed by atoms with Crippen molar-refractivity contribution in [3.63, 3.8) is 0 Å². The van der Waals surface area contributed by atoms with Gasteiger partial charge in [0.05, 0.1) is 10.9 Å². The van der Waals surface area contributed by atoms with Crippen molar-refractivity contribution in [2.45, 2.75) is 48.3 Å². The normalized spacial score (nSPS) is 12.1. The summed E-state index contributed by atoms with van der Waals surface area (Å²) in [5.41, 5.74) is 5.11. The van der Waals surface area contributed by atoms with Gasteiger partial charge < -0.3 is 0 Å². The van der Waals surface area contributed by atoms with Crippen LogP contribution in [0.5, 0.6) is 0 Å². The van der Waals surface area contributed by atoms with Crippen LogP contribution in [0.3, 0.4) is 0 Å². The van der Waals surface area contributed by atoms with E-state index < -0.39 is 10.9 Å². The van der Waals surface area contributed by atoms with Gasteiger partial charge in [-0.3, -0.25) is 9.59 Å². The molecule has 0 saturated carbocycles. The molecule has 0 fully saturated rings. The van der Waals surface area contributed by atoms with Crippen LogP contribution in [0, 0.1) is 6.92 Å². The minimum Gasteiger partial charge on any atom is -0.289 e. The maximum atomic E-state index is 13.9. The Kier molecular flexibility index (Phi) is 7.61. The summed E-state index contributed by atoms with van der Waals surface area (Å²) in [6.07, 6.45) is 1.81. The summed E-state index contributed by atoms with van der Waals surface area (Å²) in [6.45, 7) is 6.39. The van der Waals surface area contributed by atoms with Crippen molar-refractivity contribution in [3.05, 3.63) is 147 Å². The Bertz CT molecular complexity index is 1940. The van der Waals surface area contributed by atoms with Crippen molar-refractivity contribution in [1.82, 2.24) is 0 Å². The summed E-state index contributed by atoms with van der Waals surface area (Å²) >= 11 is 1.72. The summed E-state index contributed by atoms with van der Waals surface area (Å²) in [5, 5.41) is 1.60. The van der Waals surface area contributed by atoms with Crippen molar-refractivity contribution in [2.75, 3.05) is 0 Å². The number of aryl methyl sites for hydroxylation is 3. The van der Waals surface area contributed by atoms with Gasteiger partial charge in [-0.25, -0.2) is 0 Å². The van der Waals surface area contributed by atoms with Gasteiger partial charge in [0.1, 0.15) is 0 Å². The molecule has 0 aliphatic heterocycles. The number of benzene rings is 5. The van der Waals surface area contributed by atoms with Crippen LogP contribution in [0.15, 0.2) is 129 Å². The molecule has 0 amide bonds. The Balaban J connectivity index is 1.49. The molecular formula is C37H31O2S2+. The third-order valence-electron chi connectivity index (χ3n) is 7.55. The van der Waals surface area contributed by atoms with Crippen molar-refractivity contribution in [3.8, 4) is 0 Å². The van der Waals surface area contributed by atoms with Crippen LogP contribution in [-0.2, 0) is 23.7 Å². The highest BCUT2D eigenvalue weighted by Gasteiger charge is 2.30. The lowest BCUT2D eigenvalue weighted by atomic mass is 10.0. The standard InChI is InChI=1S/C37H31O2S2/c1-4-25-21-26(5-2)37-33(22-25)36(39)32-23-31(19-20-34(32)40-37)41(29-15-11-24(3)12-16-29)30-17-13-28(14-18-30)35(38)27-9-7-6-8-10-27/h6-23H,4-5H2,1-3H3/q+1. The molecule has 0 N–H and O–H groups in total. The third-order valence-corrected chi connectivity index (χ3v) is 11.0. The Labute approximate surface area is 247 Å². The zero-order valence-corrected chi connectivity index (χ0v) is 25.1. The summed E-state index contributed by atoms with van der Waals surface area (Å²) in [6, 6.07) is 36.7. The van der Waals surface area contributed by atoms with Crippen molar-refractivity contribution in [1.29, 1.82) is 0 Å². The Hall–Kier alpha value is -3.99. The van der Waals surface area contributed by atoms with Crippen molar-refractivity contribution < 1.29 is 4.79 Å². The smallest absolute Gasteiger partial charge is 0.196 e. The largest absolute Gasteiger partial charge is 0.289 e. The van der Waals surface area contributed by atoms with Gasteiger partial charge in [-0.15, -0.1) is 11.3 Å². The Morgan fingerprint density at radius 1 is 0.683 bits per heavy atom. The molecule has 0 bridgehead atoms. The van der Waals surface area contributed by atoms with E-state index in [1.165, 1.54) is 21.6 Å². The lowest BCUT2D eigenvalue weighted by Gasteiger charge is -2.11. The molecule has 5 aromatic carbocycles. The molecule has 0 aliphatic carbocycles. The van der Waals surface area contributed by atoms with E-state index in [1.807, 2.05) is 42.5 Å². The molecule has 4 heteroatoms. The van der Waals surface area contributed by atoms with Crippen LogP contribution in [0.1, 0.15) is 46.5 Å². The average molecular weight is 572 g/mol. The molecule has 6 aromatic rings. The fourth-order valence-corrected chi connectivity index (χ4v) is 8.54. The molecule has 2 nitrogen and oxygen atoms in total. The molecule has 1 aromatic heterocycles. The first-order valence-electron chi connectivity index (χ1n) is 14.0. The monoisotopic (exact) mass is 571 g/mol. The lowest BCUT2D eigenvalue weighted by Crippen LogP contribution is -2.08. The third kappa shape index (κ3) is 5.26. The zero-order valence-electron chi connectivity index (χ0n) is 23.4. The van der Waals surface area contributed by atoms with Crippen molar-refractivity contribution >= 4 is 48.2 Å². The van der Waals surface area contributed by atoms with Gasteiger partial charge in [-0.2, -0.15) is 0 Å². The molecule has 41 heavy (non-hydrogen) atoms. The maximum Gasteiger partial charge on any atom is 0.196 e. The van der Waals surface area contributed by atoms with Gasteiger partial charge in [-0.05, 0) is 85.5 Å². The van der Waals surface area contributed by atoms with E-state index in [1.54, 1.807) is 11.3 Å². The number of hydrogen-bond donors (Lipinski definition) is 0. The van der Waals surface area contributed by atoms with E-state index in [0.717, 1.165) is 42.8 Å². The second kappa shape index (κ2) is 11.5. The van der Waals surface area contributed by atoms with Crippen LogP contribution < -0.4 is 5.43 Å². The summed E-state index contributed by atoms with van der Waals surface area (Å²) in [4.78, 5) is 30.4. The molecule has 0 saturated heterocycles. The van der Waals surface area contributed by atoms with E-state index in [0.29, 0.717) is 11.1 Å². The first kappa shape index (κ1) is 27.2. The summed E-state index contributed by atoms with van der Waals surface area (Å²) in [7, 11) is -0.444. The topological polar surface area (TPSA) is 34.1 Å². The van der Waals surface area contributed by atoms with E-state index in [-0.39, 0.29) is 11.2 Å². The van der Waals surface area contributed by atoms with Crippen LogP contribution in [0.25, 0.3) is 20.2 Å². The van der Waals surface area contributed by atoms with Gasteiger partial charge in [0, 0.05) is 37.4 Å². The number of rotatable bonds is 7. The molecule has 6 rings (SSSR count). The van der Waals surface area contributed by atoms with Gasteiger partial charge in [-0.1, -0.05) is 67.9 Å². The number of ketones is 1. The average Bonchev–Trinajstić information content (AvgIpc) is 3.02. The van der Waals surface area contributed by atoms with Gasteiger partial charge in [0.2, 0.25) is 0 Å². The second-order valence-electron chi connectivity index (χ2n) is 10.3. The quantitative estimate of drug-likeness (QED) is 0.109. The Morgan fingerprint density at radius 3 is 1.98 bits per heavy atom. The lowest BCUT2D eigenvalue weighted by molar-refractivity contribution is 0.103. The minimum absolute atomic E-state index is 0.0142. The number of hydrogen-bond acceptors (Lipinski definition) is 3. The van der Waals surface area contributed by atoms with E-state index in [2.05, 4.69) is 87.5 Å². The molecule has 1 heterocycles. The second-order valence-corrected chi connectivity index (χ2v) is 13.3. The van der Waals surface area contributed by atoms with Crippen LogP contribution in [0.2, 0.25) is 0 Å². The first-order valence-corrected chi connectivity index (χ1v) is 16.0. The molecule has 1 atom stereocenters. The van der Waals surface area contributed by atoms with Crippen LogP contribution >= 0.6 is 11.3 Å². The van der Waals surface area contributed by atoms with E-state index in [9.17, 15) is 9.59 Å². The van der Waals surface area contributed by atoms with Gasteiger partial charge in [0.25, 0.3) is 0 Å². The van der Waals surface area contributed by atoms with Gasteiger partial charge >= 0.3 is 0 Å². The van der Waals surface area contributed by atoms with Crippen LogP contribution in [-0.4, -0.2) is 5.78 Å². The fourth-order valence-electron chi connectivity index (χ4n) is 5.25. The number of fused-ring (bicyclic) bond motifs is 2. The van der Waals surface area contributed by atoms with Crippen molar-refractivity contribution in [2.24, 2.45) is 0 Å². The fraction of sp³-hybridized carbons (Fsp3) is 0.135. The highest BCUT2D eigenvalue weighted by molar-refractivity contribution is 7.97. The molecule has 0 spiro atoms. The highest BCUT2D eigenvalue weighted by Crippen LogP contribution is 2.35. The molecule has 202 valence electrons. The highest BCUT2D eigenvalue weighted by atomic mass is 32.2. The summed E-state index contributed by atoms with van der Waals surface area (Å²) in [5.74, 6) is 0.0142. The molecular weight excluding hydrogens is 541 g/mol. The summed E-state index contributed by atoms with van der Waals surface area (Å²) < 4.78 is 2.12. The maximum absolute atomic E-state index is 13.9.